The summed E-state index contributed by atoms with van der Waals surface area (Å²) in [6.45, 7) is 1.27. The molecule has 1 atom stereocenters. The van der Waals surface area contributed by atoms with Gasteiger partial charge in [0.1, 0.15) is 5.75 Å². The van der Waals surface area contributed by atoms with E-state index in [1.54, 1.807) is 37.4 Å². The molecule has 0 aliphatic carbocycles. The first-order chi connectivity index (χ1) is 9.66. The summed E-state index contributed by atoms with van der Waals surface area (Å²) in [4.78, 5) is 26.1. The number of carbonyl (C=O) groups excluding carboxylic acids is 2. The van der Waals surface area contributed by atoms with Crippen LogP contribution in [0, 0.1) is 0 Å². The number of aromatic nitrogens is 1. The molecule has 0 spiro atoms. The molecule has 5 heteroatoms. The van der Waals surface area contributed by atoms with E-state index in [1.807, 2.05) is 18.2 Å². The van der Waals surface area contributed by atoms with Crippen molar-refractivity contribution < 1.29 is 19.1 Å². The van der Waals surface area contributed by atoms with E-state index in [9.17, 15) is 9.59 Å². The van der Waals surface area contributed by atoms with Gasteiger partial charge in [0, 0.05) is 6.20 Å². The summed E-state index contributed by atoms with van der Waals surface area (Å²) in [5.74, 6) is -0.281. The molecule has 1 N–H and O–H groups in total. The van der Waals surface area contributed by atoms with Gasteiger partial charge in [-0.05, 0) is 31.2 Å². The highest BCUT2D eigenvalue weighted by Gasteiger charge is 2.18. The minimum Gasteiger partial charge on any atom is -0.479 e. The van der Waals surface area contributed by atoms with E-state index >= 15 is 0 Å². The Labute approximate surface area is 116 Å². The lowest BCUT2D eigenvalue weighted by Crippen LogP contribution is -2.28. The fourth-order valence-electron chi connectivity index (χ4n) is 1.59. The fraction of sp³-hybridized carbons (Fsp3) is 0.200. The molecule has 2 rings (SSSR count). The van der Waals surface area contributed by atoms with Crippen LogP contribution < -0.4 is 4.74 Å². The van der Waals surface area contributed by atoms with Gasteiger partial charge in [-0.15, -0.1) is 0 Å². The molecule has 0 aliphatic heterocycles. The number of carbonyl (C=O) groups is 2. The predicted molar refractivity (Wildman–Crippen MR) is 72.6 cm³/mol. The number of hydrogen-bond donors (Lipinski definition) is 1. The number of hydrogen-bond acceptors (Lipinski definition) is 4. The van der Waals surface area contributed by atoms with Crippen molar-refractivity contribution in [3.8, 4) is 5.75 Å². The summed E-state index contributed by atoms with van der Waals surface area (Å²) < 4.78 is 10.3. The molecule has 0 saturated heterocycles. The van der Waals surface area contributed by atoms with Gasteiger partial charge in [0.2, 0.25) is 5.78 Å². The van der Waals surface area contributed by atoms with Gasteiger partial charge in [0.25, 0.3) is 0 Å². The number of benzene rings is 1. The van der Waals surface area contributed by atoms with Crippen LogP contribution in [0.2, 0.25) is 0 Å². The molecule has 0 bridgehead atoms. The number of esters is 1. The van der Waals surface area contributed by atoms with Crippen molar-refractivity contribution in [3.05, 3.63) is 54.4 Å². The Hall–Kier alpha value is -2.56. The van der Waals surface area contributed by atoms with E-state index in [4.69, 9.17) is 9.47 Å². The van der Waals surface area contributed by atoms with Gasteiger partial charge in [-0.1, -0.05) is 18.2 Å². The van der Waals surface area contributed by atoms with Crippen molar-refractivity contribution in [1.29, 1.82) is 0 Å². The molecule has 1 aromatic carbocycles. The van der Waals surface area contributed by atoms with Gasteiger partial charge < -0.3 is 14.5 Å². The zero-order valence-corrected chi connectivity index (χ0v) is 11.0. The quantitative estimate of drug-likeness (QED) is 0.647. The lowest BCUT2D eigenvalue weighted by atomic mass is 10.3. The lowest BCUT2D eigenvalue weighted by Gasteiger charge is -2.13. The van der Waals surface area contributed by atoms with Gasteiger partial charge in [-0.25, -0.2) is 4.79 Å². The number of aromatic amines is 1. The Balaban J connectivity index is 1.81. The predicted octanol–water partition coefficient (Wildman–Crippen LogP) is 2.21. The molecule has 5 nitrogen and oxygen atoms in total. The SMILES string of the molecule is C[C@H](Oc1ccccc1)C(=O)OCC(=O)c1ccc[nH]1. The third-order valence-corrected chi connectivity index (χ3v) is 2.63. The summed E-state index contributed by atoms with van der Waals surface area (Å²) in [6, 6.07) is 12.3. The summed E-state index contributed by atoms with van der Waals surface area (Å²) >= 11 is 0. The molecule has 104 valence electrons. The van der Waals surface area contributed by atoms with E-state index in [1.165, 1.54) is 0 Å². The van der Waals surface area contributed by atoms with Crippen molar-refractivity contribution in [2.24, 2.45) is 0 Å². The molecular weight excluding hydrogens is 258 g/mol. The molecule has 0 saturated carbocycles. The fourth-order valence-corrected chi connectivity index (χ4v) is 1.59. The largest absolute Gasteiger partial charge is 0.479 e. The van der Waals surface area contributed by atoms with Crippen LogP contribution in [0.3, 0.4) is 0 Å². The minimum absolute atomic E-state index is 0.282. The van der Waals surface area contributed by atoms with Crippen LogP contribution in [0.1, 0.15) is 17.4 Å². The van der Waals surface area contributed by atoms with Crippen molar-refractivity contribution in [3.63, 3.8) is 0 Å². The monoisotopic (exact) mass is 273 g/mol. The minimum atomic E-state index is -0.770. The zero-order valence-electron chi connectivity index (χ0n) is 11.0. The van der Waals surface area contributed by atoms with E-state index in [-0.39, 0.29) is 12.4 Å². The van der Waals surface area contributed by atoms with Gasteiger partial charge in [0.05, 0.1) is 5.69 Å². The third kappa shape index (κ3) is 3.71. The number of H-pyrrole nitrogens is 1. The van der Waals surface area contributed by atoms with Gasteiger partial charge in [0.15, 0.2) is 12.7 Å². The third-order valence-electron chi connectivity index (χ3n) is 2.63. The van der Waals surface area contributed by atoms with Crippen LogP contribution in [0.4, 0.5) is 0 Å². The van der Waals surface area contributed by atoms with Crippen molar-refractivity contribution in [1.82, 2.24) is 4.98 Å². The Kier molecular flexibility index (Phi) is 4.55. The van der Waals surface area contributed by atoms with Gasteiger partial charge in [-0.2, -0.15) is 0 Å². The lowest BCUT2D eigenvalue weighted by molar-refractivity contribution is -0.149. The van der Waals surface area contributed by atoms with Gasteiger partial charge >= 0.3 is 5.97 Å². The van der Waals surface area contributed by atoms with Crippen molar-refractivity contribution >= 4 is 11.8 Å². The molecule has 0 aliphatic rings. The number of ether oxygens (including phenoxy) is 2. The Morgan fingerprint density at radius 1 is 1.15 bits per heavy atom. The Morgan fingerprint density at radius 2 is 1.90 bits per heavy atom. The maximum absolute atomic E-state index is 11.7. The summed E-state index contributed by atoms with van der Waals surface area (Å²) in [7, 11) is 0. The van der Waals surface area contributed by atoms with E-state index in [0.29, 0.717) is 11.4 Å². The van der Waals surface area contributed by atoms with E-state index in [0.717, 1.165) is 0 Å². The Morgan fingerprint density at radius 3 is 2.55 bits per heavy atom. The second kappa shape index (κ2) is 6.56. The summed E-state index contributed by atoms with van der Waals surface area (Å²) in [5, 5.41) is 0. The molecule has 0 unspecified atom stereocenters. The number of ketones is 1. The smallest absolute Gasteiger partial charge is 0.347 e. The molecule has 0 amide bonds. The molecule has 0 radical (unpaired) electrons. The maximum atomic E-state index is 11.7. The van der Waals surface area contributed by atoms with Crippen LogP contribution in [0.5, 0.6) is 5.75 Å². The highest BCUT2D eigenvalue weighted by atomic mass is 16.6. The van der Waals surface area contributed by atoms with E-state index < -0.39 is 12.1 Å². The highest BCUT2D eigenvalue weighted by Crippen LogP contribution is 2.11. The average molecular weight is 273 g/mol. The zero-order chi connectivity index (χ0) is 14.4. The number of Topliss-reactive ketones (excluding diaryl/α,β-unsaturated/α-hetero) is 1. The van der Waals surface area contributed by atoms with Crippen LogP contribution in [-0.2, 0) is 9.53 Å². The first kappa shape index (κ1) is 13.9. The first-order valence-electron chi connectivity index (χ1n) is 6.22. The van der Waals surface area contributed by atoms with Crippen molar-refractivity contribution in [2.45, 2.75) is 13.0 Å². The Bertz CT molecular complexity index is 563. The molecule has 1 aromatic heterocycles. The summed E-state index contributed by atoms with van der Waals surface area (Å²) in [5.41, 5.74) is 0.412. The normalized spacial score (nSPS) is 11.7. The molecule has 2 aromatic rings. The van der Waals surface area contributed by atoms with Crippen LogP contribution in [0.25, 0.3) is 0 Å². The van der Waals surface area contributed by atoms with Crippen molar-refractivity contribution in [2.75, 3.05) is 6.61 Å². The number of para-hydroxylation sites is 1. The van der Waals surface area contributed by atoms with E-state index in [2.05, 4.69) is 4.98 Å². The molecule has 20 heavy (non-hydrogen) atoms. The second-order valence-corrected chi connectivity index (χ2v) is 4.19. The van der Waals surface area contributed by atoms with Crippen LogP contribution in [0.15, 0.2) is 48.7 Å². The van der Waals surface area contributed by atoms with Crippen LogP contribution in [-0.4, -0.2) is 29.4 Å². The van der Waals surface area contributed by atoms with Gasteiger partial charge in [-0.3, -0.25) is 4.79 Å². The standard InChI is InChI=1S/C15H15NO4/c1-11(20-12-6-3-2-4-7-12)15(18)19-10-14(17)13-8-5-9-16-13/h2-9,11,16H,10H2,1H3/t11-/m0/s1. The summed E-state index contributed by atoms with van der Waals surface area (Å²) in [6.07, 6.45) is 0.866. The maximum Gasteiger partial charge on any atom is 0.347 e. The second-order valence-electron chi connectivity index (χ2n) is 4.19. The first-order valence-corrected chi connectivity index (χ1v) is 6.22. The number of rotatable bonds is 6. The molecular formula is C15H15NO4. The van der Waals surface area contributed by atoms with Crippen LogP contribution >= 0.6 is 0 Å². The average Bonchev–Trinajstić information content (AvgIpc) is 2.99. The highest BCUT2D eigenvalue weighted by molar-refractivity contribution is 5.96. The number of nitrogens with one attached hydrogen (secondary N) is 1. The molecule has 0 fully saturated rings. The molecule has 1 heterocycles. The topological polar surface area (TPSA) is 68.4 Å².